The van der Waals surface area contributed by atoms with Gasteiger partial charge in [0.25, 0.3) is 10.0 Å². The molecule has 0 radical (unpaired) electrons. The van der Waals surface area contributed by atoms with Gasteiger partial charge in [-0.05, 0) is 36.8 Å². The highest BCUT2D eigenvalue weighted by molar-refractivity contribution is 7.92. The van der Waals surface area contributed by atoms with E-state index in [9.17, 15) is 13.2 Å². The van der Waals surface area contributed by atoms with Gasteiger partial charge >= 0.3 is 5.76 Å². The van der Waals surface area contributed by atoms with Gasteiger partial charge in [0.1, 0.15) is 5.75 Å². The number of methoxy groups -OCH3 is 1. The molecule has 0 bridgehead atoms. The molecule has 0 spiro atoms. The van der Waals surface area contributed by atoms with E-state index in [0.29, 0.717) is 17.0 Å². The minimum absolute atomic E-state index is 0.0173. The third-order valence-electron chi connectivity index (χ3n) is 3.30. The summed E-state index contributed by atoms with van der Waals surface area (Å²) in [5.41, 5.74) is 1.83. The number of aryl methyl sites for hydroxylation is 1. The second kappa shape index (κ2) is 5.47. The van der Waals surface area contributed by atoms with Crippen LogP contribution >= 0.6 is 0 Å². The van der Waals surface area contributed by atoms with Crippen LogP contribution in [0.2, 0.25) is 0 Å². The number of rotatable bonds is 4. The van der Waals surface area contributed by atoms with Crippen molar-refractivity contribution in [3.05, 3.63) is 52.5 Å². The monoisotopic (exact) mass is 334 g/mol. The van der Waals surface area contributed by atoms with Crippen molar-refractivity contribution in [3.8, 4) is 5.75 Å². The molecule has 0 atom stereocenters. The summed E-state index contributed by atoms with van der Waals surface area (Å²) in [6, 6.07) is 9.32. The lowest BCUT2D eigenvalue weighted by molar-refractivity contribution is 0.417. The van der Waals surface area contributed by atoms with Crippen LogP contribution in [0.4, 0.5) is 5.69 Å². The Labute approximate surface area is 131 Å². The lowest BCUT2D eigenvalue weighted by atomic mass is 10.2. The number of aromatic nitrogens is 1. The molecule has 1 heterocycles. The van der Waals surface area contributed by atoms with Gasteiger partial charge < -0.3 is 9.15 Å². The molecule has 3 rings (SSSR count). The third kappa shape index (κ3) is 2.93. The Kier molecular flexibility index (Phi) is 3.61. The van der Waals surface area contributed by atoms with Crippen LogP contribution < -0.4 is 15.2 Å². The molecule has 0 aliphatic rings. The van der Waals surface area contributed by atoms with Crippen molar-refractivity contribution < 1.29 is 17.6 Å². The summed E-state index contributed by atoms with van der Waals surface area (Å²) >= 11 is 0. The summed E-state index contributed by atoms with van der Waals surface area (Å²) in [5.74, 6) is -0.226. The Hall–Kier alpha value is -2.74. The number of H-pyrrole nitrogens is 1. The molecule has 0 saturated carbocycles. The smallest absolute Gasteiger partial charge is 0.417 e. The van der Waals surface area contributed by atoms with Crippen LogP contribution in [0.25, 0.3) is 11.1 Å². The number of benzene rings is 2. The summed E-state index contributed by atoms with van der Waals surface area (Å²) < 4.78 is 37.6. The largest absolute Gasteiger partial charge is 0.495 e. The molecule has 120 valence electrons. The predicted molar refractivity (Wildman–Crippen MR) is 85.4 cm³/mol. The minimum atomic E-state index is -3.85. The van der Waals surface area contributed by atoms with Gasteiger partial charge in [-0.2, -0.15) is 0 Å². The van der Waals surface area contributed by atoms with Gasteiger partial charge in [-0.25, -0.2) is 13.2 Å². The Morgan fingerprint density at radius 3 is 2.70 bits per heavy atom. The molecule has 1 aromatic heterocycles. The average Bonchev–Trinajstić information content (AvgIpc) is 2.86. The van der Waals surface area contributed by atoms with E-state index in [4.69, 9.17) is 9.15 Å². The number of oxazole rings is 1. The summed E-state index contributed by atoms with van der Waals surface area (Å²) in [5, 5.41) is 0. The molecule has 2 aromatic carbocycles. The van der Waals surface area contributed by atoms with Gasteiger partial charge in [0.05, 0.1) is 23.2 Å². The standard InChI is InChI=1S/C15H14N2O5S/c1-9-3-6-13(21-2)12(7-9)17-23(19,20)10-4-5-11-14(8-10)22-15(18)16-11/h3-8,17H,1-2H3,(H,16,18). The zero-order valence-corrected chi connectivity index (χ0v) is 13.2. The number of aromatic amines is 1. The lowest BCUT2D eigenvalue weighted by Crippen LogP contribution is -2.13. The van der Waals surface area contributed by atoms with Crippen molar-refractivity contribution in [1.29, 1.82) is 0 Å². The van der Waals surface area contributed by atoms with E-state index in [2.05, 4.69) is 9.71 Å². The zero-order valence-electron chi connectivity index (χ0n) is 12.4. The van der Waals surface area contributed by atoms with E-state index in [1.807, 2.05) is 13.0 Å². The molecule has 23 heavy (non-hydrogen) atoms. The summed E-state index contributed by atoms with van der Waals surface area (Å²) in [6.07, 6.45) is 0. The zero-order chi connectivity index (χ0) is 16.6. The average molecular weight is 334 g/mol. The van der Waals surface area contributed by atoms with E-state index < -0.39 is 15.8 Å². The first-order valence-electron chi connectivity index (χ1n) is 6.69. The third-order valence-corrected chi connectivity index (χ3v) is 4.67. The maximum atomic E-state index is 12.5. The van der Waals surface area contributed by atoms with E-state index in [0.717, 1.165) is 5.56 Å². The first kappa shape index (κ1) is 15.2. The molecule has 0 unspecified atom stereocenters. The molecule has 0 aliphatic carbocycles. The molecule has 0 aliphatic heterocycles. The van der Waals surface area contributed by atoms with Gasteiger partial charge in [-0.3, -0.25) is 9.71 Å². The molecular formula is C15H14N2O5S. The summed E-state index contributed by atoms with van der Waals surface area (Å²) in [6.45, 7) is 1.84. The van der Waals surface area contributed by atoms with Crippen molar-refractivity contribution in [2.45, 2.75) is 11.8 Å². The highest BCUT2D eigenvalue weighted by Gasteiger charge is 2.18. The van der Waals surface area contributed by atoms with Gasteiger partial charge in [0.2, 0.25) is 0 Å². The van der Waals surface area contributed by atoms with Crippen molar-refractivity contribution in [2.24, 2.45) is 0 Å². The summed E-state index contributed by atoms with van der Waals surface area (Å²) in [4.78, 5) is 13.6. The second-order valence-electron chi connectivity index (χ2n) is 4.98. The fraction of sp³-hybridized carbons (Fsp3) is 0.133. The van der Waals surface area contributed by atoms with Gasteiger partial charge in [0.15, 0.2) is 5.58 Å². The first-order valence-corrected chi connectivity index (χ1v) is 8.18. The number of nitrogens with one attached hydrogen (secondary N) is 2. The van der Waals surface area contributed by atoms with E-state index in [1.165, 1.54) is 25.3 Å². The van der Waals surface area contributed by atoms with Crippen LogP contribution in [0.5, 0.6) is 5.75 Å². The van der Waals surface area contributed by atoms with Crippen molar-refractivity contribution >= 4 is 26.8 Å². The second-order valence-corrected chi connectivity index (χ2v) is 6.66. The maximum absolute atomic E-state index is 12.5. The van der Waals surface area contributed by atoms with Gasteiger partial charge in [0, 0.05) is 6.07 Å². The maximum Gasteiger partial charge on any atom is 0.417 e. The summed E-state index contributed by atoms with van der Waals surface area (Å²) in [7, 11) is -2.39. The number of fused-ring (bicyclic) bond motifs is 1. The van der Waals surface area contributed by atoms with Crippen molar-refractivity contribution in [2.75, 3.05) is 11.8 Å². The molecule has 0 fully saturated rings. The number of sulfonamides is 1. The Morgan fingerprint density at radius 1 is 1.17 bits per heavy atom. The van der Waals surface area contributed by atoms with Crippen LogP contribution in [0.15, 0.2) is 50.5 Å². The Morgan fingerprint density at radius 2 is 1.96 bits per heavy atom. The number of hydrogen-bond acceptors (Lipinski definition) is 5. The highest BCUT2D eigenvalue weighted by Crippen LogP contribution is 2.28. The quantitative estimate of drug-likeness (QED) is 0.762. The molecular weight excluding hydrogens is 320 g/mol. The van der Waals surface area contributed by atoms with Crippen LogP contribution in [0, 0.1) is 6.92 Å². The lowest BCUT2D eigenvalue weighted by Gasteiger charge is -2.12. The van der Waals surface area contributed by atoms with Crippen LogP contribution in [0.1, 0.15) is 5.56 Å². The predicted octanol–water partition coefficient (Wildman–Crippen LogP) is 2.24. The molecule has 7 nitrogen and oxygen atoms in total. The fourth-order valence-corrected chi connectivity index (χ4v) is 3.27. The molecule has 2 N–H and O–H groups in total. The number of hydrogen-bond donors (Lipinski definition) is 2. The molecule has 8 heteroatoms. The van der Waals surface area contributed by atoms with Crippen LogP contribution in [0.3, 0.4) is 0 Å². The van der Waals surface area contributed by atoms with E-state index in [-0.39, 0.29) is 10.5 Å². The first-order chi connectivity index (χ1) is 10.9. The van der Waals surface area contributed by atoms with Gasteiger partial charge in [-0.15, -0.1) is 0 Å². The van der Waals surface area contributed by atoms with Crippen molar-refractivity contribution in [1.82, 2.24) is 4.98 Å². The SMILES string of the molecule is COc1ccc(C)cc1NS(=O)(=O)c1ccc2[nH]c(=O)oc2c1. The number of ether oxygens (including phenoxy) is 1. The Balaban J connectivity index is 2.03. The number of anilines is 1. The molecule has 0 saturated heterocycles. The normalized spacial score (nSPS) is 11.6. The van der Waals surface area contributed by atoms with E-state index >= 15 is 0 Å². The van der Waals surface area contributed by atoms with Gasteiger partial charge in [-0.1, -0.05) is 6.07 Å². The molecule has 0 amide bonds. The highest BCUT2D eigenvalue weighted by atomic mass is 32.2. The fourth-order valence-electron chi connectivity index (χ4n) is 2.20. The van der Waals surface area contributed by atoms with E-state index in [1.54, 1.807) is 12.1 Å². The Bertz CT molecular complexity index is 1030. The van der Waals surface area contributed by atoms with Crippen LogP contribution in [-0.2, 0) is 10.0 Å². The van der Waals surface area contributed by atoms with Crippen LogP contribution in [-0.4, -0.2) is 20.5 Å². The topological polar surface area (TPSA) is 101 Å². The van der Waals surface area contributed by atoms with Crippen molar-refractivity contribution in [3.63, 3.8) is 0 Å². The minimum Gasteiger partial charge on any atom is -0.495 e. The molecule has 3 aromatic rings.